The van der Waals surface area contributed by atoms with Crippen LogP contribution in [0.4, 0.5) is 0 Å². The van der Waals surface area contributed by atoms with E-state index in [1.54, 1.807) is 12.1 Å². The summed E-state index contributed by atoms with van der Waals surface area (Å²) < 4.78 is 0. The third-order valence-electron chi connectivity index (χ3n) is 3.38. The van der Waals surface area contributed by atoms with E-state index in [2.05, 4.69) is 9.97 Å². The van der Waals surface area contributed by atoms with E-state index in [1.807, 2.05) is 32.0 Å². The Balaban J connectivity index is 2.36. The molecule has 3 rings (SSSR count). The molecule has 3 aromatic rings. The van der Waals surface area contributed by atoms with Gasteiger partial charge in [-0.25, -0.2) is 9.97 Å². The van der Waals surface area contributed by atoms with E-state index in [1.165, 1.54) is 0 Å². The number of benzene rings is 2. The molecule has 2 aromatic carbocycles. The number of fused-ring (bicyclic) bond motifs is 1. The highest BCUT2D eigenvalue weighted by molar-refractivity contribution is 6.41. The van der Waals surface area contributed by atoms with Gasteiger partial charge in [-0.15, -0.1) is 0 Å². The molecule has 0 aliphatic carbocycles. The highest BCUT2D eigenvalue weighted by atomic mass is 35.5. The Labute approximate surface area is 137 Å². The first-order valence-corrected chi connectivity index (χ1v) is 7.49. The standard InChI is InChI=1S/C16H11Cl3N2/c1-8-4-3-5-9(2)13(8)16-20-14-11(15(19)21-16)6-10(17)7-12(14)18/h3-7H,1-2H3. The van der Waals surface area contributed by atoms with Gasteiger partial charge in [0.1, 0.15) is 5.15 Å². The van der Waals surface area contributed by atoms with Gasteiger partial charge in [-0.1, -0.05) is 53.0 Å². The molecule has 1 heterocycles. The van der Waals surface area contributed by atoms with Crippen molar-refractivity contribution in [1.29, 1.82) is 0 Å². The minimum Gasteiger partial charge on any atom is -0.226 e. The lowest BCUT2D eigenvalue weighted by Crippen LogP contribution is -1.96. The van der Waals surface area contributed by atoms with Crippen LogP contribution in [0.1, 0.15) is 11.1 Å². The van der Waals surface area contributed by atoms with E-state index in [-0.39, 0.29) is 0 Å². The maximum Gasteiger partial charge on any atom is 0.162 e. The lowest BCUT2D eigenvalue weighted by molar-refractivity contribution is 1.20. The van der Waals surface area contributed by atoms with Crippen molar-refractivity contribution in [2.45, 2.75) is 13.8 Å². The zero-order valence-electron chi connectivity index (χ0n) is 11.4. The summed E-state index contributed by atoms with van der Waals surface area (Å²) in [6, 6.07) is 9.42. The minimum atomic E-state index is 0.349. The maximum atomic E-state index is 6.29. The fourth-order valence-electron chi connectivity index (χ4n) is 2.40. The first kappa shape index (κ1) is 14.6. The van der Waals surface area contributed by atoms with Gasteiger partial charge >= 0.3 is 0 Å². The largest absolute Gasteiger partial charge is 0.226 e. The van der Waals surface area contributed by atoms with Crippen LogP contribution in [0.25, 0.3) is 22.3 Å². The number of hydrogen-bond donors (Lipinski definition) is 0. The topological polar surface area (TPSA) is 25.8 Å². The molecule has 0 aliphatic heterocycles. The van der Waals surface area contributed by atoms with E-state index in [4.69, 9.17) is 34.8 Å². The molecule has 2 nitrogen and oxygen atoms in total. The number of halogens is 3. The number of nitrogens with zero attached hydrogens (tertiary/aromatic N) is 2. The van der Waals surface area contributed by atoms with Crippen LogP contribution in [0.3, 0.4) is 0 Å². The molecule has 0 N–H and O–H groups in total. The predicted molar refractivity (Wildman–Crippen MR) is 89.5 cm³/mol. The Kier molecular flexibility index (Phi) is 3.78. The Morgan fingerprint density at radius 2 is 1.57 bits per heavy atom. The van der Waals surface area contributed by atoms with Gasteiger partial charge < -0.3 is 0 Å². The first-order chi connectivity index (χ1) is 9.97. The molecule has 5 heteroatoms. The minimum absolute atomic E-state index is 0.349. The average Bonchev–Trinajstić information content (AvgIpc) is 2.40. The molecule has 1 aromatic heterocycles. The van der Waals surface area contributed by atoms with Gasteiger partial charge in [0.2, 0.25) is 0 Å². The summed E-state index contributed by atoms with van der Waals surface area (Å²) in [6.07, 6.45) is 0. The molecule has 0 saturated heterocycles. The lowest BCUT2D eigenvalue weighted by Gasteiger charge is -2.11. The van der Waals surface area contributed by atoms with Crippen molar-refractivity contribution in [1.82, 2.24) is 9.97 Å². The molecule has 0 saturated carbocycles. The van der Waals surface area contributed by atoms with Crippen LogP contribution in [0.5, 0.6) is 0 Å². The highest BCUT2D eigenvalue weighted by Crippen LogP contribution is 2.33. The number of aryl methyl sites for hydroxylation is 2. The van der Waals surface area contributed by atoms with Gasteiger partial charge in [0, 0.05) is 16.0 Å². The number of hydrogen-bond acceptors (Lipinski definition) is 2. The molecule has 21 heavy (non-hydrogen) atoms. The molecule has 0 fully saturated rings. The van der Waals surface area contributed by atoms with Gasteiger partial charge in [-0.05, 0) is 37.1 Å². The van der Waals surface area contributed by atoms with Crippen molar-refractivity contribution < 1.29 is 0 Å². The van der Waals surface area contributed by atoms with E-state index in [0.717, 1.165) is 16.7 Å². The first-order valence-electron chi connectivity index (χ1n) is 6.36. The van der Waals surface area contributed by atoms with E-state index >= 15 is 0 Å². The van der Waals surface area contributed by atoms with Gasteiger partial charge in [-0.3, -0.25) is 0 Å². The summed E-state index contributed by atoms with van der Waals surface area (Å²) in [5.74, 6) is 0.576. The zero-order chi connectivity index (χ0) is 15.1. The van der Waals surface area contributed by atoms with Crippen molar-refractivity contribution in [2.24, 2.45) is 0 Å². The third-order valence-corrected chi connectivity index (χ3v) is 4.17. The molecular weight excluding hydrogens is 327 g/mol. The van der Waals surface area contributed by atoms with Gasteiger partial charge in [-0.2, -0.15) is 0 Å². The fourth-order valence-corrected chi connectivity index (χ4v) is 3.16. The second-order valence-electron chi connectivity index (χ2n) is 4.89. The fraction of sp³-hybridized carbons (Fsp3) is 0.125. The number of rotatable bonds is 1. The zero-order valence-corrected chi connectivity index (χ0v) is 13.7. The van der Waals surface area contributed by atoms with Crippen molar-refractivity contribution in [3.05, 3.63) is 56.7 Å². The average molecular weight is 338 g/mol. The summed E-state index contributed by atoms with van der Waals surface area (Å²) in [5, 5.41) is 1.98. The van der Waals surface area contributed by atoms with Gasteiger partial charge in [0.05, 0.1) is 10.5 Å². The summed E-state index contributed by atoms with van der Waals surface area (Å²) >= 11 is 18.5. The normalized spacial score (nSPS) is 11.1. The summed E-state index contributed by atoms with van der Waals surface area (Å²) in [4.78, 5) is 8.99. The van der Waals surface area contributed by atoms with Crippen molar-refractivity contribution in [2.75, 3.05) is 0 Å². The lowest BCUT2D eigenvalue weighted by atomic mass is 10.0. The second kappa shape index (κ2) is 5.45. The Bertz CT molecular complexity index is 840. The van der Waals surface area contributed by atoms with Crippen molar-refractivity contribution >= 4 is 45.7 Å². The van der Waals surface area contributed by atoms with Gasteiger partial charge in [0.25, 0.3) is 0 Å². The molecular formula is C16H11Cl3N2. The van der Waals surface area contributed by atoms with Crippen molar-refractivity contribution in [3.8, 4) is 11.4 Å². The molecule has 0 atom stereocenters. The van der Waals surface area contributed by atoms with Crippen LogP contribution in [-0.4, -0.2) is 9.97 Å². The number of aromatic nitrogens is 2. The molecule has 0 aliphatic rings. The Morgan fingerprint density at radius 3 is 2.24 bits per heavy atom. The van der Waals surface area contributed by atoms with Crippen LogP contribution >= 0.6 is 34.8 Å². The highest BCUT2D eigenvalue weighted by Gasteiger charge is 2.14. The SMILES string of the molecule is Cc1cccc(C)c1-c1nc(Cl)c2cc(Cl)cc(Cl)c2n1. The quantitative estimate of drug-likeness (QED) is 0.519. The Hall–Kier alpha value is -1.35. The van der Waals surface area contributed by atoms with Crippen LogP contribution in [0.15, 0.2) is 30.3 Å². The monoisotopic (exact) mass is 336 g/mol. The van der Waals surface area contributed by atoms with Crippen LogP contribution in [-0.2, 0) is 0 Å². The summed E-state index contributed by atoms with van der Waals surface area (Å²) in [6.45, 7) is 4.04. The van der Waals surface area contributed by atoms with Gasteiger partial charge in [0.15, 0.2) is 5.82 Å². The summed E-state index contributed by atoms with van der Waals surface area (Å²) in [5.41, 5.74) is 3.78. The van der Waals surface area contributed by atoms with E-state index in [9.17, 15) is 0 Å². The van der Waals surface area contributed by atoms with Crippen LogP contribution < -0.4 is 0 Å². The molecule has 0 spiro atoms. The molecule has 0 bridgehead atoms. The predicted octanol–water partition coefficient (Wildman–Crippen LogP) is 5.87. The second-order valence-corrected chi connectivity index (χ2v) is 6.09. The van der Waals surface area contributed by atoms with Crippen LogP contribution in [0.2, 0.25) is 15.2 Å². The molecule has 106 valence electrons. The Morgan fingerprint density at radius 1 is 0.905 bits per heavy atom. The van der Waals surface area contributed by atoms with E-state index in [0.29, 0.717) is 31.9 Å². The maximum absolute atomic E-state index is 6.29. The van der Waals surface area contributed by atoms with E-state index < -0.39 is 0 Å². The van der Waals surface area contributed by atoms with Crippen LogP contribution in [0, 0.1) is 13.8 Å². The molecule has 0 amide bonds. The van der Waals surface area contributed by atoms with Crippen molar-refractivity contribution in [3.63, 3.8) is 0 Å². The molecule has 0 radical (unpaired) electrons. The summed E-state index contributed by atoms with van der Waals surface area (Å²) in [7, 11) is 0. The molecule has 0 unspecified atom stereocenters. The smallest absolute Gasteiger partial charge is 0.162 e. The third kappa shape index (κ3) is 2.59.